The van der Waals surface area contributed by atoms with E-state index in [1.54, 1.807) is 6.92 Å². The average Bonchev–Trinajstić information content (AvgIpc) is 1.99. The fourth-order valence-corrected chi connectivity index (χ4v) is 1.95. The van der Waals surface area contributed by atoms with E-state index in [9.17, 15) is 9.59 Å². The number of amides is 1. The van der Waals surface area contributed by atoms with Gasteiger partial charge in [0.25, 0.3) is 0 Å². The summed E-state index contributed by atoms with van der Waals surface area (Å²) >= 11 is 0. The maximum absolute atomic E-state index is 11.5. The molecule has 0 rings (SSSR count). The van der Waals surface area contributed by atoms with Gasteiger partial charge in [-0.2, -0.15) is 0 Å². The van der Waals surface area contributed by atoms with Gasteiger partial charge in [0.1, 0.15) is 6.29 Å². The summed E-state index contributed by atoms with van der Waals surface area (Å²) in [7, 11) is 0. The lowest BCUT2D eigenvalue weighted by molar-refractivity contribution is -0.125. The van der Waals surface area contributed by atoms with Gasteiger partial charge in [-0.1, -0.05) is 27.7 Å². The molecule has 0 aliphatic rings. The Morgan fingerprint density at radius 3 is 2.27 bits per heavy atom. The van der Waals surface area contributed by atoms with Crippen LogP contribution in [0.25, 0.3) is 0 Å². The van der Waals surface area contributed by atoms with Gasteiger partial charge in [0.15, 0.2) is 0 Å². The summed E-state index contributed by atoms with van der Waals surface area (Å²) in [6, 6.07) is -0.382. The van der Waals surface area contributed by atoms with E-state index in [1.165, 1.54) is 0 Å². The van der Waals surface area contributed by atoms with Crippen molar-refractivity contribution in [2.45, 2.75) is 53.5 Å². The molecule has 0 aliphatic carbocycles. The summed E-state index contributed by atoms with van der Waals surface area (Å²) in [4.78, 5) is 21.9. The molecular weight excluding hydrogens is 190 g/mol. The Hall–Kier alpha value is -0.860. The van der Waals surface area contributed by atoms with Crippen molar-refractivity contribution in [3.63, 3.8) is 0 Å². The highest BCUT2D eigenvalue weighted by molar-refractivity contribution is 5.79. The van der Waals surface area contributed by atoms with Crippen LogP contribution in [0.1, 0.15) is 47.5 Å². The highest BCUT2D eigenvalue weighted by Gasteiger charge is 2.23. The molecule has 0 saturated carbocycles. The van der Waals surface area contributed by atoms with Gasteiger partial charge in [0.05, 0.1) is 6.04 Å². The summed E-state index contributed by atoms with van der Waals surface area (Å²) in [5.74, 6) is 0.538. The minimum atomic E-state index is -0.382. The van der Waals surface area contributed by atoms with Crippen molar-refractivity contribution < 1.29 is 9.59 Å². The molecule has 15 heavy (non-hydrogen) atoms. The third-order valence-electron chi connectivity index (χ3n) is 2.19. The Labute approximate surface area is 92.6 Å². The van der Waals surface area contributed by atoms with Crippen molar-refractivity contribution in [1.29, 1.82) is 0 Å². The lowest BCUT2D eigenvalue weighted by atomic mass is 9.81. The molecular formula is C12H23NO2. The van der Waals surface area contributed by atoms with Gasteiger partial charge in [-0.05, 0) is 24.7 Å². The van der Waals surface area contributed by atoms with Crippen LogP contribution in [-0.2, 0) is 9.59 Å². The molecule has 1 N–H and O–H groups in total. The van der Waals surface area contributed by atoms with Crippen LogP contribution in [0.4, 0.5) is 0 Å². The van der Waals surface area contributed by atoms with E-state index in [0.717, 1.165) is 12.7 Å². The first kappa shape index (κ1) is 14.1. The van der Waals surface area contributed by atoms with E-state index >= 15 is 0 Å². The first-order valence-electron chi connectivity index (χ1n) is 5.51. The minimum Gasteiger partial charge on any atom is -0.347 e. The third kappa shape index (κ3) is 7.11. The molecule has 0 aliphatic heterocycles. The second kappa shape index (κ2) is 5.89. The van der Waals surface area contributed by atoms with Gasteiger partial charge < -0.3 is 10.1 Å². The van der Waals surface area contributed by atoms with E-state index < -0.39 is 0 Å². The number of aldehydes is 1. The summed E-state index contributed by atoms with van der Waals surface area (Å²) in [6.07, 6.45) is 2.23. The molecule has 1 amide bonds. The van der Waals surface area contributed by atoms with Gasteiger partial charge in [-0.25, -0.2) is 0 Å². The topological polar surface area (TPSA) is 46.2 Å². The molecule has 3 nitrogen and oxygen atoms in total. The molecule has 0 aromatic carbocycles. The quantitative estimate of drug-likeness (QED) is 0.687. The summed E-state index contributed by atoms with van der Waals surface area (Å²) in [6.45, 7) is 10.1. The Morgan fingerprint density at radius 1 is 1.33 bits per heavy atom. The van der Waals surface area contributed by atoms with Crippen molar-refractivity contribution in [3.8, 4) is 0 Å². The lowest BCUT2D eigenvalue weighted by Crippen LogP contribution is -2.36. The number of carbonyl (C=O) groups is 2. The van der Waals surface area contributed by atoms with Crippen molar-refractivity contribution in [2.75, 3.05) is 0 Å². The SMILES string of the molecule is CC(C)CC(C)(C)CC(=O)NC(C)C=O. The molecule has 0 aromatic rings. The molecule has 0 heterocycles. The van der Waals surface area contributed by atoms with E-state index in [0.29, 0.717) is 12.3 Å². The summed E-state index contributed by atoms with van der Waals surface area (Å²) in [5, 5.41) is 2.65. The smallest absolute Gasteiger partial charge is 0.221 e. The zero-order chi connectivity index (χ0) is 12.1. The van der Waals surface area contributed by atoms with Gasteiger partial charge in [-0.3, -0.25) is 4.79 Å². The second-order valence-corrected chi connectivity index (χ2v) is 5.43. The van der Waals surface area contributed by atoms with E-state index in [4.69, 9.17) is 0 Å². The largest absolute Gasteiger partial charge is 0.347 e. The van der Waals surface area contributed by atoms with Crippen molar-refractivity contribution in [2.24, 2.45) is 11.3 Å². The van der Waals surface area contributed by atoms with Gasteiger partial charge in [-0.15, -0.1) is 0 Å². The molecule has 0 bridgehead atoms. The molecule has 1 unspecified atom stereocenters. The number of hydrogen-bond donors (Lipinski definition) is 1. The third-order valence-corrected chi connectivity index (χ3v) is 2.19. The monoisotopic (exact) mass is 213 g/mol. The molecule has 88 valence electrons. The highest BCUT2D eigenvalue weighted by Crippen LogP contribution is 2.28. The maximum Gasteiger partial charge on any atom is 0.221 e. The Morgan fingerprint density at radius 2 is 1.87 bits per heavy atom. The summed E-state index contributed by atoms with van der Waals surface area (Å²) < 4.78 is 0. The standard InChI is InChI=1S/C12H23NO2/c1-9(2)6-12(4,5)7-11(15)13-10(3)8-14/h8-10H,6-7H2,1-5H3,(H,13,15). The van der Waals surface area contributed by atoms with Gasteiger partial charge >= 0.3 is 0 Å². The van der Waals surface area contributed by atoms with E-state index in [2.05, 4.69) is 33.0 Å². The van der Waals surface area contributed by atoms with Gasteiger partial charge in [0, 0.05) is 6.42 Å². The molecule has 3 heteroatoms. The average molecular weight is 213 g/mol. The van der Waals surface area contributed by atoms with Crippen LogP contribution in [-0.4, -0.2) is 18.2 Å². The lowest BCUT2D eigenvalue weighted by Gasteiger charge is -2.26. The van der Waals surface area contributed by atoms with Crippen LogP contribution in [0.15, 0.2) is 0 Å². The summed E-state index contributed by atoms with van der Waals surface area (Å²) in [5.41, 5.74) is 0.000848. The number of rotatable bonds is 6. The fraction of sp³-hybridized carbons (Fsp3) is 0.833. The molecule has 0 fully saturated rings. The maximum atomic E-state index is 11.5. The van der Waals surface area contributed by atoms with Crippen molar-refractivity contribution >= 4 is 12.2 Å². The highest BCUT2D eigenvalue weighted by atomic mass is 16.2. The van der Waals surface area contributed by atoms with Crippen LogP contribution in [0.3, 0.4) is 0 Å². The Kier molecular flexibility index (Phi) is 5.55. The first-order chi connectivity index (χ1) is 6.76. The Balaban J connectivity index is 4.09. The van der Waals surface area contributed by atoms with Crippen molar-refractivity contribution in [1.82, 2.24) is 5.32 Å². The molecule has 1 atom stereocenters. The predicted octanol–water partition coefficient (Wildman–Crippen LogP) is 2.15. The molecule has 0 aromatic heterocycles. The van der Waals surface area contributed by atoms with Crippen LogP contribution in [0.2, 0.25) is 0 Å². The predicted molar refractivity (Wildman–Crippen MR) is 61.5 cm³/mol. The molecule has 0 saturated heterocycles. The zero-order valence-corrected chi connectivity index (χ0v) is 10.5. The minimum absolute atomic E-state index is 0.000848. The first-order valence-corrected chi connectivity index (χ1v) is 5.51. The van der Waals surface area contributed by atoms with E-state index in [1.807, 2.05) is 0 Å². The fourth-order valence-electron chi connectivity index (χ4n) is 1.95. The van der Waals surface area contributed by atoms with Crippen LogP contribution >= 0.6 is 0 Å². The zero-order valence-electron chi connectivity index (χ0n) is 10.5. The van der Waals surface area contributed by atoms with Crippen LogP contribution in [0.5, 0.6) is 0 Å². The number of hydrogen-bond acceptors (Lipinski definition) is 2. The second-order valence-electron chi connectivity index (χ2n) is 5.43. The van der Waals surface area contributed by atoms with Crippen molar-refractivity contribution in [3.05, 3.63) is 0 Å². The molecule has 0 radical (unpaired) electrons. The normalized spacial score (nSPS) is 13.7. The number of carbonyl (C=O) groups excluding carboxylic acids is 2. The number of nitrogens with one attached hydrogen (secondary N) is 1. The van der Waals surface area contributed by atoms with Gasteiger partial charge in [0.2, 0.25) is 5.91 Å². The molecule has 0 spiro atoms. The van der Waals surface area contributed by atoms with Crippen LogP contribution in [0, 0.1) is 11.3 Å². The Bertz CT molecular complexity index is 222. The van der Waals surface area contributed by atoms with E-state index in [-0.39, 0.29) is 17.4 Å². The van der Waals surface area contributed by atoms with Crippen LogP contribution < -0.4 is 5.32 Å².